The van der Waals surface area contributed by atoms with E-state index in [4.69, 9.17) is 4.74 Å². The van der Waals surface area contributed by atoms with Gasteiger partial charge in [-0.1, -0.05) is 34.1 Å². The van der Waals surface area contributed by atoms with Crippen molar-refractivity contribution in [3.8, 4) is 0 Å². The Hall–Kier alpha value is -0.0800. The van der Waals surface area contributed by atoms with Gasteiger partial charge in [0.15, 0.2) is 5.96 Å². The van der Waals surface area contributed by atoms with Crippen molar-refractivity contribution >= 4 is 29.9 Å². The molecule has 1 fully saturated rings. The number of hydrogen-bond donors (Lipinski definition) is 2. The zero-order chi connectivity index (χ0) is 17.3. The molecule has 1 aliphatic heterocycles. The Balaban J connectivity index is 0.00000529. The van der Waals surface area contributed by atoms with Crippen LogP contribution >= 0.6 is 24.0 Å². The standard InChI is InChI=1S/C18H38N4O.HI/c1-15(14-22-10-8-7-9-11-22)12-20-17(19-5)21-13-16(23-6)18(2,3)4;/h15-16H,7-14H2,1-6H3,(H2,19,20,21);1H. The van der Waals surface area contributed by atoms with Gasteiger partial charge in [-0.2, -0.15) is 0 Å². The number of nitrogens with zero attached hydrogens (tertiary/aromatic N) is 2. The molecule has 1 heterocycles. The molecule has 2 atom stereocenters. The summed E-state index contributed by atoms with van der Waals surface area (Å²) < 4.78 is 5.58. The third kappa shape index (κ3) is 9.42. The zero-order valence-corrected chi connectivity index (χ0v) is 18.9. The predicted octanol–water partition coefficient (Wildman–Crippen LogP) is 2.95. The van der Waals surface area contributed by atoms with Crippen LogP contribution < -0.4 is 10.6 Å². The maximum absolute atomic E-state index is 5.58. The molecule has 5 nitrogen and oxygen atoms in total. The van der Waals surface area contributed by atoms with E-state index in [9.17, 15) is 0 Å². The fourth-order valence-corrected chi connectivity index (χ4v) is 3.07. The van der Waals surface area contributed by atoms with Crippen molar-refractivity contribution in [3.05, 3.63) is 0 Å². The fraction of sp³-hybridized carbons (Fsp3) is 0.944. The lowest BCUT2D eigenvalue weighted by Crippen LogP contribution is -2.47. The van der Waals surface area contributed by atoms with Crippen molar-refractivity contribution in [2.45, 2.75) is 53.1 Å². The first kappa shape index (κ1) is 23.9. The highest BCUT2D eigenvalue weighted by Gasteiger charge is 2.24. The molecule has 1 rings (SSSR count). The van der Waals surface area contributed by atoms with Gasteiger partial charge in [-0.25, -0.2) is 0 Å². The Kier molecular flexibility index (Phi) is 12.3. The molecule has 1 saturated heterocycles. The molecule has 2 unspecified atom stereocenters. The lowest BCUT2D eigenvalue weighted by molar-refractivity contribution is 0.0205. The van der Waals surface area contributed by atoms with E-state index in [0.717, 1.165) is 19.0 Å². The summed E-state index contributed by atoms with van der Waals surface area (Å²) in [6.45, 7) is 14.3. The molecular formula is C18H39IN4O. The van der Waals surface area contributed by atoms with Gasteiger partial charge >= 0.3 is 0 Å². The quantitative estimate of drug-likeness (QED) is 0.353. The molecule has 6 heteroatoms. The highest BCUT2D eigenvalue weighted by molar-refractivity contribution is 14.0. The number of piperidine rings is 1. The number of likely N-dealkylation sites (tertiary alicyclic amines) is 1. The Morgan fingerprint density at radius 3 is 2.21 bits per heavy atom. The number of methoxy groups -OCH3 is 1. The van der Waals surface area contributed by atoms with Crippen molar-refractivity contribution in [3.63, 3.8) is 0 Å². The highest BCUT2D eigenvalue weighted by Crippen LogP contribution is 2.20. The third-order valence-corrected chi connectivity index (χ3v) is 4.57. The van der Waals surface area contributed by atoms with Gasteiger partial charge in [0.05, 0.1) is 6.10 Å². The largest absolute Gasteiger partial charge is 0.379 e. The van der Waals surface area contributed by atoms with Crippen LogP contribution in [0, 0.1) is 11.3 Å². The van der Waals surface area contributed by atoms with Crippen LogP contribution in [0.1, 0.15) is 47.0 Å². The van der Waals surface area contributed by atoms with Gasteiger partial charge < -0.3 is 20.3 Å². The second kappa shape index (κ2) is 12.3. The summed E-state index contributed by atoms with van der Waals surface area (Å²) in [6, 6.07) is 0. The van der Waals surface area contributed by atoms with Crippen LogP contribution in [-0.4, -0.2) is 63.8 Å². The van der Waals surface area contributed by atoms with Crippen molar-refractivity contribution in [2.75, 3.05) is 46.9 Å². The second-order valence-corrected chi connectivity index (χ2v) is 7.89. The summed E-state index contributed by atoms with van der Waals surface area (Å²) in [5, 5.41) is 6.83. The van der Waals surface area contributed by atoms with E-state index >= 15 is 0 Å². The molecule has 0 radical (unpaired) electrons. The number of aliphatic imine (C=N–C) groups is 1. The predicted molar refractivity (Wildman–Crippen MR) is 114 cm³/mol. The highest BCUT2D eigenvalue weighted by atomic mass is 127. The number of rotatable bonds is 7. The van der Waals surface area contributed by atoms with E-state index in [1.165, 1.54) is 38.9 Å². The minimum Gasteiger partial charge on any atom is -0.379 e. The molecule has 0 spiro atoms. The van der Waals surface area contributed by atoms with Crippen LogP contribution in [0.25, 0.3) is 0 Å². The number of guanidine groups is 1. The minimum atomic E-state index is 0. The number of nitrogens with one attached hydrogen (secondary N) is 2. The summed E-state index contributed by atoms with van der Waals surface area (Å²) in [5.74, 6) is 1.48. The number of hydrogen-bond acceptors (Lipinski definition) is 3. The molecule has 144 valence electrons. The van der Waals surface area contributed by atoms with E-state index in [1.54, 1.807) is 7.11 Å². The van der Waals surface area contributed by atoms with Crippen LogP contribution in [0.5, 0.6) is 0 Å². The van der Waals surface area contributed by atoms with Crippen molar-refractivity contribution < 1.29 is 4.74 Å². The summed E-state index contributed by atoms with van der Waals surface area (Å²) in [6.07, 6.45) is 4.27. The first-order valence-corrected chi connectivity index (χ1v) is 9.06. The average molecular weight is 454 g/mol. The van der Waals surface area contributed by atoms with E-state index in [1.807, 2.05) is 7.05 Å². The monoisotopic (exact) mass is 454 g/mol. The van der Waals surface area contributed by atoms with E-state index in [0.29, 0.717) is 5.92 Å². The minimum absolute atomic E-state index is 0. The maximum Gasteiger partial charge on any atom is 0.191 e. The van der Waals surface area contributed by atoms with Crippen LogP contribution in [0.2, 0.25) is 0 Å². The summed E-state index contributed by atoms with van der Waals surface area (Å²) in [4.78, 5) is 6.91. The van der Waals surface area contributed by atoms with Gasteiger partial charge in [-0.05, 0) is 37.3 Å². The van der Waals surface area contributed by atoms with E-state index < -0.39 is 0 Å². The number of halogens is 1. The average Bonchev–Trinajstić information content (AvgIpc) is 2.50. The molecule has 0 saturated carbocycles. The van der Waals surface area contributed by atoms with Gasteiger partial charge in [-0.3, -0.25) is 4.99 Å². The molecule has 24 heavy (non-hydrogen) atoms. The van der Waals surface area contributed by atoms with Gasteiger partial charge in [0.25, 0.3) is 0 Å². The molecular weight excluding hydrogens is 415 g/mol. The SMILES string of the molecule is CN=C(NCC(C)CN1CCCCC1)NCC(OC)C(C)(C)C.I. The molecule has 0 aromatic rings. The number of ether oxygens (including phenoxy) is 1. The third-order valence-electron chi connectivity index (χ3n) is 4.57. The Labute approximate surface area is 166 Å². The van der Waals surface area contributed by atoms with Gasteiger partial charge in [-0.15, -0.1) is 24.0 Å². The normalized spacial score (nSPS) is 19.3. The van der Waals surface area contributed by atoms with Crippen molar-refractivity contribution in [2.24, 2.45) is 16.3 Å². The lowest BCUT2D eigenvalue weighted by Gasteiger charge is -2.31. The lowest BCUT2D eigenvalue weighted by atomic mass is 9.89. The first-order valence-electron chi connectivity index (χ1n) is 9.06. The molecule has 0 bridgehead atoms. The summed E-state index contributed by atoms with van der Waals surface area (Å²) in [5.41, 5.74) is 0.113. The van der Waals surface area contributed by atoms with Crippen LogP contribution in [-0.2, 0) is 4.74 Å². The Bertz CT molecular complexity index is 351. The first-order chi connectivity index (χ1) is 10.9. The molecule has 0 aromatic heterocycles. The molecule has 2 N–H and O–H groups in total. The van der Waals surface area contributed by atoms with Crippen LogP contribution in [0.4, 0.5) is 0 Å². The van der Waals surface area contributed by atoms with Gasteiger partial charge in [0.2, 0.25) is 0 Å². The van der Waals surface area contributed by atoms with Crippen LogP contribution in [0.15, 0.2) is 4.99 Å². The second-order valence-electron chi connectivity index (χ2n) is 7.89. The van der Waals surface area contributed by atoms with Crippen molar-refractivity contribution in [1.29, 1.82) is 0 Å². The van der Waals surface area contributed by atoms with E-state index in [-0.39, 0.29) is 35.5 Å². The van der Waals surface area contributed by atoms with Crippen LogP contribution in [0.3, 0.4) is 0 Å². The summed E-state index contributed by atoms with van der Waals surface area (Å²) >= 11 is 0. The Morgan fingerprint density at radius 2 is 1.71 bits per heavy atom. The van der Waals surface area contributed by atoms with Gasteiger partial charge in [0.1, 0.15) is 0 Å². The molecule has 0 amide bonds. The maximum atomic E-state index is 5.58. The van der Waals surface area contributed by atoms with Crippen molar-refractivity contribution in [1.82, 2.24) is 15.5 Å². The molecule has 0 aromatic carbocycles. The van der Waals surface area contributed by atoms with E-state index in [2.05, 4.69) is 48.2 Å². The molecule has 0 aliphatic carbocycles. The topological polar surface area (TPSA) is 48.9 Å². The molecule has 1 aliphatic rings. The smallest absolute Gasteiger partial charge is 0.191 e. The van der Waals surface area contributed by atoms with Gasteiger partial charge in [0, 0.05) is 33.8 Å². The fourth-order valence-electron chi connectivity index (χ4n) is 3.07. The summed E-state index contributed by atoms with van der Waals surface area (Å²) in [7, 11) is 3.60. The Morgan fingerprint density at radius 1 is 1.12 bits per heavy atom. The zero-order valence-electron chi connectivity index (χ0n) is 16.5.